The maximum absolute atomic E-state index is 11.6. The van der Waals surface area contributed by atoms with Crippen LogP contribution in [0.1, 0.15) is 25.8 Å². The quantitative estimate of drug-likeness (QED) is 0.747. The van der Waals surface area contributed by atoms with E-state index in [0.29, 0.717) is 11.4 Å². The number of benzene rings is 1. The first kappa shape index (κ1) is 11.6. The molecule has 1 aromatic carbocycles. The number of rotatable bonds is 3. The number of anilines is 2. The molecule has 0 aliphatic rings. The molecule has 0 heterocycles. The monoisotopic (exact) mass is 206 g/mol. The maximum atomic E-state index is 11.6. The molecule has 0 aliphatic heterocycles. The van der Waals surface area contributed by atoms with Crippen LogP contribution in [0.3, 0.4) is 0 Å². The average Bonchev–Trinajstić information content (AvgIpc) is 2.20. The van der Waals surface area contributed by atoms with Gasteiger partial charge in [0.05, 0.1) is 11.4 Å². The summed E-state index contributed by atoms with van der Waals surface area (Å²) in [6.07, 6.45) is 0.831. The van der Waals surface area contributed by atoms with Crippen LogP contribution in [0, 0.1) is 12.8 Å². The largest absolute Gasteiger partial charge is 0.397 e. The summed E-state index contributed by atoms with van der Waals surface area (Å²) >= 11 is 0. The third kappa shape index (κ3) is 2.98. The summed E-state index contributed by atoms with van der Waals surface area (Å²) in [4.78, 5) is 11.6. The van der Waals surface area contributed by atoms with E-state index in [1.807, 2.05) is 39.0 Å². The van der Waals surface area contributed by atoms with Crippen LogP contribution in [0.15, 0.2) is 18.2 Å². The van der Waals surface area contributed by atoms with E-state index in [-0.39, 0.29) is 11.8 Å². The number of carbonyl (C=O) groups is 1. The Hall–Kier alpha value is -1.51. The highest BCUT2D eigenvalue weighted by Crippen LogP contribution is 2.20. The number of nitrogens with one attached hydrogen (secondary N) is 1. The molecule has 0 saturated heterocycles. The molecule has 0 bridgehead atoms. The lowest BCUT2D eigenvalue weighted by atomic mass is 10.1. The first-order valence-electron chi connectivity index (χ1n) is 5.21. The van der Waals surface area contributed by atoms with Crippen molar-refractivity contribution in [2.75, 3.05) is 11.1 Å². The first-order valence-corrected chi connectivity index (χ1v) is 5.21. The Morgan fingerprint density at radius 2 is 2.20 bits per heavy atom. The van der Waals surface area contributed by atoms with Gasteiger partial charge in [0, 0.05) is 5.92 Å². The molecule has 15 heavy (non-hydrogen) atoms. The summed E-state index contributed by atoms with van der Waals surface area (Å²) in [6, 6.07) is 5.62. The second-order valence-corrected chi connectivity index (χ2v) is 3.89. The Balaban J connectivity index is 2.77. The van der Waals surface area contributed by atoms with Gasteiger partial charge in [0.25, 0.3) is 0 Å². The third-order valence-corrected chi connectivity index (χ3v) is 2.52. The molecule has 0 radical (unpaired) electrons. The predicted molar refractivity (Wildman–Crippen MR) is 63.7 cm³/mol. The van der Waals surface area contributed by atoms with E-state index < -0.39 is 0 Å². The van der Waals surface area contributed by atoms with Crippen molar-refractivity contribution in [1.29, 1.82) is 0 Å². The summed E-state index contributed by atoms with van der Waals surface area (Å²) in [5.74, 6) is 0.0405. The van der Waals surface area contributed by atoms with Crippen molar-refractivity contribution >= 4 is 17.3 Å². The van der Waals surface area contributed by atoms with Gasteiger partial charge in [0.1, 0.15) is 0 Å². The topological polar surface area (TPSA) is 55.1 Å². The zero-order chi connectivity index (χ0) is 11.4. The van der Waals surface area contributed by atoms with Crippen molar-refractivity contribution in [1.82, 2.24) is 0 Å². The summed E-state index contributed by atoms with van der Waals surface area (Å²) in [7, 11) is 0. The Morgan fingerprint density at radius 3 is 2.73 bits per heavy atom. The number of nitrogens with two attached hydrogens (primary N) is 1. The molecule has 0 spiro atoms. The van der Waals surface area contributed by atoms with Gasteiger partial charge in [-0.25, -0.2) is 0 Å². The minimum atomic E-state index is 0.0192. The van der Waals surface area contributed by atoms with Gasteiger partial charge in [0.2, 0.25) is 5.91 Å². The fourth-order valence-electron chi connectivity index (χ4n) is 1.24. The molecule has 1 amide bonds. The minimum Gasteiger partial charge on any atom is -0.397 e. The normalized spacial score (nSPS) is 12.2. The summed E-state index contributed by atoms with van der Waals surface area (Å²) in [6.45, 7) is 5.86. The van der Waals surface area contributed by atoms with Crippen LogP contribution < -0.4 is 11.1 Å². The number of aryl methyl sites for hydroxylation is 1. The van der Waals surface area contributed by atoms with Crippen molar-refractivity contribution < 1.29 is 4.79 Å². The van der Waals surface area contributed by atoms with E-state index >= 15 is 0 Å². The van der Waals surface area contributed by atoms with E-state index in [1.54, 1.807) is 0 Å². The van der Waals surface area contributed by atoms with Crippen molar-refractivity contribution in [2.24, 2.45) is 5.92 Å². The fourth-order valence-corrected chi connectivity index (χ4v) is 1.24. The van der Waals surface area contributed by atoms with Crippen LogP contribution in [-0.2, 0) is 4.79 Å². The van der Waals surface area contributed by atoms with Crippen molar-refractivity contribution in [3.8, 4) is 0 Å². The number of hydrogen-bond acceptors (Lipinski definition) is 2. The van der Waals surface area contributed by atoms with Crippen LogP contribution in [0.5, 0.6) is 0 Å². The molecule has 0 fully saturated rings. The Labute approximate surface area is 90.7 Å². The third-order valence-electron chi connectivity index (χ3n) is 2.52. The molecule has 3 nitrogen and oxygen atoms in total. The van der Waals surface area contributed by atoms with Gasteiger partial charge in [-0.3, -0.25) is 4.79 Å². The van der Waals surface area contributed by atoms with Gasteiger partial charge in [-0.15, -0.1) is 0 Å². The van der Waals surface area contributed by atoms with Crippen LogP contribution in [0.2, 0.25) is 0 Å². The molecule has 0 unspecified atom stereocenters. The smallest absolute Gasteiger partial charge is 0.227 e. The molecular formula is C12H18N2O. The van der Waals surface area contributed by atoms with Crippen LogP contribution >= 0.6 is 0 Å². The van der Waals surface area contributed by atoms with E-state index in [2.05, 4.69) is 5.32 Å². The molecule has 3 N–H and O–H groups in total. The van der Waals surface area contributed by atoms with Crippen molar-refractivity contribution in [3.63, 3.8) is 0 Å². The van der Waals surface area contributed by atoms with E-state index in [4.69, 9.17) is 5.73 Å². The average molecular weight is 206 g/mol. The lowest BCUT2D eigenvalue weighted by Gasteiger charge is -2.12. The van der Waals surface area contributed by atoms with E-state index in [0.717, 1.165) is 12.0 Å². The van der Waals surface area contributed by atoms with Crippen molar-refractivity contribution in [2.45, 2.75) is 27.2 Å². The summed E-state index contributed by atoms with van der Waals surface area (Å²) in [5, 5.41) is 2.82. The zero-order valence-corrected chi connectivity index (χ0v) is 9.50. The second-order valence-electron chi connectivity index (χ2n) is 3.89. The minimum absolute atomic E-state index is 0.0192. The molecular weight excluding hydrogens is 188 g/mol. The second kappa shape index (κ2) is 4.82. The van der Waals surface area contributed by atoms with E-state index in [9.17, 15) is 4.79 Å². The highest BCUT2D eigenvalue weighted by molar-refractivity contribution is 5.95. The van der Waals surface area contributed by atoms with Crippen LogP contribution in [-0.4, -0.2) is 5.91 Å². The number of carbonyl (C=O) groups excluding carboxylic acids is 1. The first-order chi connectivity index (χ1) is 7.04. The molecule has 0 saturated carbocycles. The lowest BCUT2D eigenvalue weighted by Crippen LogP contribution is -2.20. The molecule has 3 heteroatoms. The standard InChI is InChI=1S/C12H18N2O/c1-4-9(3)12(15)14-11-6-5-8(2)7-10(11)13/h5-7,9H,4,13H2,1-3H3,(H,14,15)/t9-/m0/s1. The van der Waals surface area contributed by atoms with Gasteiger partial charge < -0.3 is 11.1 Å². The van der Waals surface area contributed by atoms with Crippen molar-refractivity contribution in [3.05, 3.63) is 23.8 Å². The zero-order valence-electron chi connectivity index (χ0n) is 9.50. The number of hydrogen-bond donors (Lipinski definition) is 2. The Kier molecular flexibility index (Phi) is 3.72. The van der Waals surface area contributed by atoms with Crippen LogP contribution in [0.25, 0.3) is 0 Å². The highest BCUT2D eigenvalue weighted by atomic mass is 16.1. The molecule has 82 valence electrons. The van der Waals surface area contributed by atoms with Crippen LogP contribution in [0.4, 0.5) is 11.4 Å². The lowest BCUT2D eigenvalue weighted by molar-refractivity contribution is -0.119. The molecule has 1 rings (SSSR count). The highest BCUT2D eigenvalue weighted by Gasteiger charge is 2.11. The van der Waals surface area contributed by atoms with Gasteiger partial charge in [0.15, 0.2) is 0 Å². The van der Waals surface area contributed by atoms with Gasteiger partial charge in [-0.05, 0) is 31.0 Å². The van der Waals surface area contributed by atoms with Gasteiger partial charge >= 0.3 is 0 Å². The Morgan fingerprint density at radius 1 is 1.53 bits per heavy atom. The maximum Gasteiger partial charge on any atom is 0.227 e. The van der Waals surface area contributed by atoms with Gasteiger partial charge in [-0.1, -0.05) is 19.9 Å². The number of nitrogen functional groups attached to an aromatic ring is 1. The molecule has 1 aromatic rings. The summed E-state index contributed by atoms with van der Waals surface area (Å²) < 4.78 is 0. The summed E-state index contributed by atoms with van der Waals surface area (Å²) in [5.41, 5.74) is 8.21. The SMILES string of the molecule is CC[C@H](C)C(=O)Nc1ccc(C)cc1N. The van der Waals surface area contributed by atoms with Gasteiger partial charge in [-0.2, -0.15) is 0 Å². The molecule has 0 aromatic heterocycles. The molecule has 1 atom stereocenters. The van der Waals surface area contributed by atoms with E-state index in [1.165, 1.54) is 0 Å². The number of amides is 1. The molecule has 0 aliphatic carbocycles. The Bertz CT molecular complexity index is 361. The fraction of sp³-hybridized carbons (Fsp3) is 0.417. The predicted octanol–water partition coefficient (Wildman–Crippen LogP) is 2.56.